The molecule has 0 radical (unpaired) electrons. The molecule has 0 saturated carbocycles. The van der Waals surface area contributed by atoms with Gasteiger partial charge in [0.15, 0.2) is 0 Å². The smallest absolute Gasteiger partial charge is 0.226 e. The van der Waals surface area contributed by atoms with Crippen molar-refractivity contribution in [1.82, 2.24) is 24.2 Å². The molecular formula is C22H24FN5O. The van der Waals surface area contributed by atoms with Crippen LogP contribution in [0.4, 0.5) is 4.39 Å². The van der Waals surface area contributed by atoms with E-state index in [-0.39, 0.29) is 17.6 Å². The molecule has 1 unspecified atom stereocenters. The lowest BCUT2D eigenvalue weighted by Crippen LogP contribution is -2.42. The van der Waals surface area contributed by atoms with Crippen LogP contribution in [0.1, 0.15) is 34.6 Å². The van der Waals surface area contributed by atoms with Gasteiger partial charge >= 0.3 is 0 Å². The van der Waals surface area contributed by atoms with Crippen molar-refractivity contribution in [3.63, 3.8) is 0 Å². The lowest BCUT2D eigenvalue weighted by molar-refractivity contribution is -0.137. The largest absolute Gasteiger partial charge is 0.336 e. The SMILES string of the molecule is Cc1nn(Cc2ccc(F)cc2)c2c1CCN(C(=O)C1CCn3cncc3C1)C2. The van der Waals surface area contributed by atoms with Gasteiger partial charge in [-0.25, -0.2) is 9.37 Å². The van der Waals surface area contributed by atoms with E-state index in [0.29, 0.717) is 13.1 Å². The van der Waals surface area contributed by atoms with Gasteiger partial charge in [-0.1, -0.05) is 12.1 Å². The summed E-state index contributed by atoms with van der Waals surface area (Å²) in [6.45, 7) is 4.80. The molecule has 4 heterocycles. The second kappa shape index (κ2) is 7.13. The van der Waals surface area contributed by atoms with Gasteiger partial charge in [-0.05, 0) is 43.0 Å². The molecule has 1 amide bonds. The number of nitrogens with zero attached hydrogens (tertiary/aromatic N) is 5. The van der Waals surface area contributed by atoms with E-state index in [1.165, 1.54) is 17.7 Å². The fourth-order valence-electron chi connectivity index (χ4n) is 4.59. The minimum atomic E-state index is -0.238. The Morgan fingerprint density at radius 3 is 2.90 bits per heavy atom. The van der Waals surface area contributed by atoms with Crippen LogP contribution in [0.15, 0.2) is 36.8 Å². The van der Waals surface area contributed by atoms with Crippen LogP contribution in [0.2, 0.25) is 0 Å². The predicted octanol–water partition coefficient (Wildman–Crippen LogP) is 2.72. The Morgan fingerprint density at radius 1 is 1.24 bits per heavy atom. The second-order valence-electron chi connectivity index (χ2n) is 8.07. The summed E-state index contributed by atoms with van der Waals surface area (Å²) in [5.41, 5.74) is 5.52. The van der Waals surface area contributed by atoms with Crippen molar-refractivity contribution in [2.45, 2.75) is 45.8 Å². The van der Waals surface area contributed by atoms with Crippen LogP contribution in [-0.2, 0) is 37.3 Å². The maximum absolute atomic E-state index is 13.2. The predicted molar refractivity (Wildman–Crippen MR) is 106 cm³/mol. The minimum absolute atomic E-state index is 0.0234. The number of aryl methyl sites for hydroxylation is 2. The van der Waals surface area contributed by atoms with Gasteiger partial charge in [0, 0.05) is 37.3 Å². The Hall–Kier alpha value is -2.96. The molecule has 0 aliphatic carbocycles. The molecular weight excluding hydrogens is 369 g/mol. The zero-order chi connectivity index (χ0) is 20.0. The first-order valence-electron chi connectivity index (χ1n) is 10.2. The Morgan fingerprint density at radius 2 is 2.07 bits per heavy atom. The second-order valence-corrected chi connectivity index (χ2v) is 8.07. The summed E-state index contributed by atoms with van der Waals surface area (Å²) in [6, 6.07) is 6.52. The Labute approximate surface area is 169 Å². The van der Waals surface area contributed by atoms with Crippen molar-refractivity contribution >= 4 is 5.91 Å². The summed E-state index contributed by atoms with van der Waals surface area (Å²) in [6.07, 6.45) is 6.17. The van der Waals surface area contributed by atoms with E-state index >= 15 is 0 Å². The van der Waals surface area contributed by atoms with E-state index in [9.17, 15) is 9.18 Å². The first kappa shape index (κ1) is 18.1. The normalized spacial score (nSPS) is 18.4. The molecule has 2 aromatic heterocycles. The highest BCUT2D eigenvalue weighted by molar-refractivity contribution is 5.79. The maximum Gasteiger partial charge on any atom is 0.226 e. The van der Waals surface area contributed by atoms with Gasteiger partial charge in [0.2, 0.25) is 5.91 Å². The van der Waals surface area contributed by atoms with Crippen LogP contribution >= 0.6 is 0 Å². The molecule has 6 nitrogen and oxygen atoms in total. The molecule has 2 aliphatic rings. The van der Waals surface area contributed by atoms with Gasteiger partial charge < -0.3 is 9.47 Å². The third-order valence-corrected chi connectivity index (χ3v) is 6.22. The molecule has 7 heteroatoms. The van der Waals surface area contributed by atoms with E-state index in [0.717, 1.165) is 55.0 Å². The van der Waals surface area contributed by atoms with Crippen LogP contribution in [-0.4, -0.2) is 36.7 Å². The van der Waals surface area contributed by atoms with Gasteiger partial charge in [-0.15, -0.1) is 0 Å². The van der Waals surface area contributed by atoms with Gasteiger partial charge in [0.1, 0.15) is 5.82 Å². The lowest BCUT2D eigenvalue weighted by atomic mass is 9.93. The molecule has 150 valence electrons. The van der Waals surface area contributed by atoms with Crippen LogP contribution < -0.4 is 0 Å². The number of hydrogen-bond acceptors (Lipinski definition) is 3. The number of hydrogen-bond donors (Lipinski definition) is 0. The van der Waals surface area contributed by atoms with E-state index in [4.69, 9.17) is 5.10 Å². The maximum atomic E-state index is 13.2. The average Bonchev–Trinajstić information content (AvgIpc) is 3.33. The number of rotatable bonds is 3. The van der Waals surface area contributed by atoms with Gasteiger partial charge in [0.25, 0.3) is 0 Å². The quantitative estimate of drug-likeness (QED) is 0.688. The first-order valence-corrected chi connectivity index (χ1v) is 10.2. The van der Waals surface area contributed by atoms with Crippen molar-refractivity contribution in [3.05, 3.63) is 70.8 Å². The van der Waals surface area contributed by atoms with Crippen LogP contribution in [0.5, 0.6) is 0 Å². The van der Waals surface area contributed by atoms with E-state index in [1.807, 2.05) is 29.0 Å². The van der Waals surface area contributed by atoms with Gasteiger partial charge in [0.05, 0.1) is 30.8 Å². The topological polar surface area (TPSA) is 56.0 Å². The molecule has 29 heavy (non-hydrogen) atoms. The summed E-state index contributed by atoms with van der Waals surface area (Å²) in [5.74, 6) is 0.0172. The molecule has 3 aromatic rings. The summed E-state index contributed by atoms with van der Waals surface area (Å²) in [5, 5.41) is 4.71. The van der Waals surface area contributed by atoms with E-state index in [1.54, 1.807) is 12.1 Å². The van der Waals surface area contributed by atoms with Crippen molar-refractivity contribution in [3.8, 4) is 0 Å². The zero-order valence-electron chi connectivity index (χ0n) is 16.5. The summed E-state index contributed by atoms with van der Waals surface area (Å²) < 4.78 is 17.3. The number of amides is 1. The molecule has 0 fully saturated rings. The minimum Gasteiger partial charge on any atom is -0.336 e. The van der Waals surface area contributed by atoms with Crippen molar-refractivity contribution in [1.29, 1.82) is 0 Å². The summed E-state index contributed by atoms with van der Waals surface area (Å²) in [4.78, 5) is 19.4. The fourth-order valence-corrected chi connectivity index (χ4v) is 4.59. The van der Waals surface area contributed by atoms with Crippen LogP contribution in [0, 0.1) is 18.7 Å². The van der Waals surface area contributed by atoms with E-state index in [2.05, 4.69) is 9.55 Å². The molecule has 0 saturated heterocycles. The number of carbonyl (C=O) groups is 1. The lowest BCUT2D eigenvalue weighted by Gasteiger charge is -2.33. The number of imidazole rings is 1. The average molecular weight is 393 g/mol. The molecule has 2 aliphatic heterocycles. The molecule has 1 atom stereocenters. The number of carbonyl (C=O) groups excluding carboxylic acids is 1. The number of benzene rings is 1. The standard InChI is InChI=1S/C22H24FN5O/c1-15-20-7-9-26(22(29)17-6-8-27-14-24-11-19(27)10-17)13-21(20)28(25-15)12-16-2-4-18(23)5-3-16/h2-5,11,14,17H,6-10,12-13H2,1H3. The Balaban J connectivity index is 1.35. The number of aromatic nitrogens is 4. The number of halogens is 1. The molecule has 5 rings (SSSR count). The van der Waals surface area contributed by atoms with Crippen molar-refractivity contribution in [2.24, 2.45) is 5.92 Å². The molecule has 0 spiro atoms. The van der Waals surface area contributed by atoms with Crippen LogP contribution in [0.3, 0.4) is 0 Å². The molecule has 1 aromatic carbocycles. The first-order chi connectivity index (χ1) is 14.1. The van der Waals surface area contributed by atoms with Crippen molar-refractivity contribution < 1.29 is 9.18 Å². The third-order valence-electron chi connectivity index (χ3n) is 6.22. The fraction of sp³-hybridized carbons (Fsp3) is 0.409. The van der Waals surface area contributed by atoms with Crippen LogP contribution in [0.25, 0.3) is 0 Å². The van der Waals surface area contributed by atoms with Crippen molar-refractivity contribution in [2.75, 3.05) is 6.54 Å². The van der Waals surface area contributed by atoms with E-state index < -0.39 is 0 Å². The summed E-state index contributed by atoms with van der Waals surface area (Å²) in [7, 11) is 0. The third kappa shape index (κ3) is 3.34. The highest BCUT2D eigenvalue weighted by Gasteiger charge is 2.32. The molecule has 0 N–H and O–H groups in total. The summed E-state index contributed by atoms with van der Waals surface area (Å²) >= 11 is 0. The van der Waals surface area contributed by atoms with Gasteiger partial charge in [-0.2, -0.15) is 5.10 Å². The Bertz CT molecular complexity index is 1050. The highest BCUT2D eigenvalue weighted by atomic mass is 19.1. The zero-order valence-corrected chi connectivity index (χ0v) is 16.5. The van der Waals surface area contributed by atoms with Gasteiger partial charge in [-0.3, -0.25) is 9.48 Å². The number of fused-ring (bicyclic) bond motifs is 2. The molecule has 0 bridgehead atoms. The highest BCUT2D eigenvalue weighted by Crippen LogP contribution is 2.27. The monoisotopic (exact) mass is 393 g/mol. The Kier molecular flexibility index (Phi) is 4.45.